The Bertz CT molecular complexity index is 1330. The van der Waals surface area contributed by atoms with E-state index in [9.17, 15) is 22.8 Å². The minimum atomic E-state index is -1.13. The predicted octanol–water partition coefficient (Wildman–Crippen LogP) is 4.46. The third kappa shape index (κ3) is 3.87. The van der Waals surface area contributed by atoms with Crippen molar-refractivity contribution in [2.75, 3.05) is 5.32 Å². The fourth-order valence-corrected chi connectivity index (χ4v) is 3.39. The first kappa shape index (κ1) is 20.2. The SMILES string of the molecule is NC(=O)c1cc(NC(=O)c2cc3ccccc3n2Cc2ccccc2F)c(F)cc1F. The highest BCUT2D eigenvalue weighted by atomic mass is 19.1. The Kier molecular flexibility index (Phi) is 5.21. The van der Waals surface area contributed by atoms with E-state index < -0.39 is 40.5 Å². The van der Waals surface area contributed by atoms with E-state index >= 15 is 0 Å². The summed E-state index contributed by atoms with van der Waals surface area (Å²) >= 11 is 0. The number of primary amides is 1. The molecule has 2 amide bonds. The molecule has 0 saturated carbocycles. The van der Waals surface area contributed by atoms with Crippen LogP contribution >= 0.6 is 0 Å². The third-order valence-electron chi connectivity index (χ3n) is 4.90. The highest BCUT2D eigenvalue weighted by molar-refractivity contribution is 6.07. The Morgan fingerprint density at radius 1 is 0.871 bits per heavy atom. The molecule has 0 aliphatic rings. The van der Waals surface area contributed by atoms with E-state index in [2.05, 4.69) is 5.32 Å². The lowest BCUT2D eigenvalue weighted by Crippen LogP contribution is -2.20. The quantitative estimate of drug-likeness (QED) is 0.497. The van der Waals surface area contributed by atoms with Gasteiger partial charge in [0.1, 0.15) is 23.1 Å². The number of nitrogens with two attached hydrogens (primary N) is 1. The van der Waals surface area contributed by atoms with Crippen LogP contribution in [0.3, 0.4) is 0 Å². The summed E-state index contributed by atoms with van der Waals surface area (Å²) in [5, 5.41) is 3.07. The molecule has 5 nitrogen and oxygen atoms in total. The van der Waals surface area contributed by atoms with E-state index in [0.717, 1.165) is 11.5 Å². The van der Waals surface area contributed by atoms with Crippen molar-refractivity contribution in [2.24, 2.45) is 5.73 Å². The maximum Gasteiger partial charge on any atom is 0.272 e. The van der Waals surface area contributed by atoms with Crippen molar-refractivity contribution in [2.45, 2.75) is 6.54 Å². The fourth-order valence-electron chi connectivity index (χ4n) is 3.39. The summed E-state index contributed by atoms with van der Waals surface area (Å²) < 4.78 is 43.8. The maximum absolute atomic E-state index is 14.2. The minimum absolute atomic E-state index is 0.0569. The van der Waals surface area contributed by atoms with Gasteiger partial charge in [-0.25, -0.2) is 13.2 Å². The molecule has 0 unspecified atom stereocenters. The number of fused-ring (bicyclic) bond motifs is 1. The van der Waals surface area contributed by atoms with Gasteiger partial charge >= 0.3 is 0 Å². The van der Waals surface area contributed by atoms with Gasteiger partial charge in [-0.2, -0.15) is 0 Å². The van der Waals surface area contributed by atoms with Gasteiger partial charge in [-0.05, 0) is 24.3 Å². The van der Waals surface area contributed by atoms with Gasteiger partial charge in [0.25, 0.3) is 11.8 Å². The van der Waals surface area contributed by atoms with Gasteiger partial charge in [-0.3, -0.25) is 9.59 Å². The topological polar surface area (TPSA) is 77.1 Å². The molecule has 0 spiro atoms. The lowest BCUT2D eigenvalue weighted by Gasteiger charge is -2.13. The first-order chi connectivity index (χ1) is 14.8. The van der Waals surface area contributed by atoms with Crippen LogP contribution in [0.5, 0.6) is 0 Å². The zero-order chi connectivity index (χ0) is 22.1. The summed E-state index contributed by atoms with van der Waals surface area (Å²) in [7, 11) is 0. The molecule has 156 valence electrons. The van der Waals surface area contributed by atoms with E-state index in [4.69, 9.17) is 5.73 Å². The molecule has 0 aliphatic heterocycles. The second-order valence-electron chi connectivity index (χ2n) is 6.90. The number of hydrogen-bond donors (Lipinski definition) is 2. The molecular weight excluding hydrogens is 407 g/mol. The lowest BCUT2D eigenvalue weighted by molar-refractivity contribution is 0.0991. The Hall–Kier alpha value is -4.07. The molecule has 3 aromatic carbocycles. The first-order valence-corrected chi connectivity index (χ1v) is 9.27. The van der Waals surface area contributed by atoms with Crippen LogP contribution in [0.1, 0.15) is 26.4 Å². The molecule has 0 fully saturated rings. The van der Waals surface area contributed by atoms with Crippen molar-refractivity contribution in [3.63, 3.8) is 0 Å². The van der Waals surface area contributed by atoms with E-state index in [0.29, 0.717) is 17.1 Å². The number of nitrogens with one attached hydrogen (secondary N) is 1. The molecule has 8 heteroatoms. The number of halogens is 3. The van der Waals surface area contributed by atoms with Crippen LogP contribution in [0.25, 0.3) is 10.9 Å². The van der Waals surface area contributed by atoms with Crippen molar-refractivity contribution in [1.82, 2.24) is 4.57 Å². The number of para-hydroxylation sites is 1. The van der Waals surface area contributed by atoms with Gasteiger partial charge in [-0.1, -0.05) is 36.4 Å². The predicted molar refractivity (Wildman–Crippen MR) is 110 cm³/mol. The summed E-state index contributed by atoms with van der Waals surface area (Å²) in [6, 6.07) is 16.2. The average molecular weight is 423 g/mol. The van der Waals surface area contributed by atoms with Crippen LogP contribution in [-0.2, 0) is 6.54 Å². The molecule has 0 bridgehead atoms. The van der Waals surface area contributed by atoms with Crippen molar-refractivity contribution in [1.29, 1.82) is 0 Å². The van der Waals surface area contributed by atoms with Crippen molar-refractivity contribution >= 4 is 28.4 Å². The first-order valence-electron chi connectivity index (χ1n) is 9.27. The Morgan fingerprint density at radius 3 is 2.32 bits per heavy atom. The molecule has 0 aliphatic carbocycles. The van der Waals surface area contributed by atoms with Crippen LogP contribution in [0.15, 0.2) is 66.7 Å². The van der Waals surface area contributed by atoms with Crippen molar-refractivity contribution in [3.8, 4) is 0 Å². The second kappa shape index (κ2) is 7.98. The third-order valence-corrected chi connectivity index (χ3v) is 4.90. The van der Waals surface area contributed by atoms with Gasteiger partial charge in [0, 0.05) is 22.5 Å². The summed E-state index contributed by atoms with van der Waals surface area (Å²) in [5.74, 6) is -4.43. The number of aromatic nitrogens is 1. The normalized spacial score (nSPS) is 10.9. The van der Waals surface area contributed by atoms with Gasteiger partial charge in [0.05, 0.1) is 17.8 Å². The van der Waals surface area contributed by atoms with Gasteiger partial charge in [0.15, 0.2) is 0 Å². The second-order valence-corrected chi connectivity index (χ2v) is 6.90. The van der Waals surface area contributed by atoms with Crippen molar-refractivity contribution in [3.05, 3.63) is 101 Å². The summed E-state index contributed by atoms with van der Waals surface area (Å²) in [6.45, 7) is 0.0569. The van der Waals surface area contributed by atoms with Crippen LogP contribution in [0, 0.1) is 17.5 Å². The molecule has 0 atom stereocenters. The van der Waals surface area contributed by atoms with Crippen LogP contribution in [-0.4, -0.2) is 16.4 Å². The smallest absolute Gasteiger partial charge is 0.272 e. The van der Waals surface area contributed by atoms with E-state index in [-0.39, 0.29) is 12.2 Å². The largest absolute Gasteiger partial charge is 0.366 e. The van der Waals surface area contributed by atoms with Crippen LogP contribution in [0.4, 0.5) is 18.9 Å². The molecule has 4 rings (SSSR count). The molecule has 0 radical (unpaired) electrons. The zero-order valence-electron chi connectivity index (χ0n) is 16.0. The van der Waals surface area contributed by atoms with E-state index in [1.54, 1.807) is 53.1 Å². The zero-order valence-corrected chi connectivity index (χ0v) is 16.0. The van der Waals surface area contributed by atoms with Gasteiger partial charge in [-0.15, -0.1) is 0 Å². The molecule has 31 heavy (non-hydrogen) atoms. The molecule has 3 N–H and O–H groups in total. The fraction of sp³-hybridized carbons (Fsp3) is 0.0435. The molecule has 1 heterocycles. The number of carbonyl (C=O) groups is 2. The van der Waals surface area contributed by atoms with Crippen LogP contribution in [0.2, 0.25) is 0 Å². The number of amides is 2. The number of hydrogen-bond acceptors (Lipinski definition) is 2. The summed E-state index contributed by atoms with van der Waals surface area (Å²) in [5.41, 5.74) is 5.31. The highest BCUT2D eigenvalue weighted by Crippen LogP contribution is 2.25. The standard InChI is InChI=1S/C23H16F3N3O2/c24-16-7-3-1-6-14(16)12-29-20-8-4-2-5-13(20)9-21(29)23(31)28-19-10-15(22(27)30)17(25)11-18(19)26/h1-11H,12H2,(H2,27,30)(H,28,31). The number of nitrogens with zero attached hydrogens (tertiary/aromatic N) is 1. The van der Waals surface area contributed by atoms with E-state index in [1.807, 2.05) is 0 Å². The summed E-state index contributed by atoms with van der Waals surface area (Å²) in [6.07, 6.45) is 0. The van der Waals surface area contributed by atoms with Gasteiger partial charge in [0.2, 0.25) is 0 Å². The summed E-state index contributed by atoms with van der Waals surface area (Å²) in [4.78, 5) is 24.4. The number of benzene rings is 3. The Labute approximate surface area is 174 Å². The number of carbonyl (C=O) groups excluding carboxylic acids is 2. The number of rotatable bonds is 5. The Morgan fingerprint density at radius 2 is 1.58 bits per heavy atom. The lowest BCUT2D eigenvalue weighted by atomic mass is 10.1. The molecular formula is C23H16F3N3O2. The van der Waals surface area contributed by atoms with Crippen LogP contribution < -0.4 is 11.1 Å². The average Bonchev–Trinajstić information content (AvgIpc) is 3.10. The maximum atomic E-state index is 14.2. The van der Waals surface area contributed by atoms with Crippen molar-refractivity contribution < 1.29 is 22.8 Å². The van der Waals surface area contributed by atoms with Gasteiger partial charge < -0.3 is 15.6 Å². The Balaban J connectivity index is 1.76. The minimum Gasteiger partial charge on any atom is -0.366 e. The molecule has 1 aromatic heterocycles. The monoisotopic (exact) mass is 423 g/mol. The molecule has 4 aromatic rings. The van der Waals surface area contributed by atoms with E-state index in [1.165, 1.54) is 6.07 Å². The highest BCUT2D eigenvalue weighted by Gasteiger charge is 2.20. The number of anilines is 1. The molecule has 0 saturated heterocycles.